The molecule has 200 valence electrons. The van der Waals surface area contributed by atoms with Crippen LogP contribution in [0.3, 0.4) is 0 Å². The SMILES string of the molecule is COC(=O)CC[C@H]([C@H]1C[C@H]2[C@@H]3CC=C4C[C@@H](OC(C)=O)CC[C@]4(C)[C@H]3CC[C@]2(C)C1C(C)=O)[N+](=O)[O-]. The first-order valence-electron chi connectivity index (χ1n) is 13.5. The lowest BCUT2D eigenvalue weighted by Crippen LogP contribution is -2.51. The van der Waals surface area contributed by atoms with Gasteiger partial charge >= 0.3 is 11.9 Å². The van der Waals surface area contributed by atoms with Crippen LogP contribution in [0.4, 0.5) is 0 Å². The lowest BCUT2D eigenvalue weighted by atomic mass is 9.47. The van der Waals surface area contributed by atoms with Crippen LogP contribution in [0.1, 0.15) is 85.5 Å². The Hall–Kier alpha value is -2.25. The largest absolute Gasteiger partial charge is 0.469 e. The second kappa shape index (κ2) is 9.90. The molecule has 1 unspecified atom stereocenters. The predicted molar refractivity (Wildman–Crippen MR) is 132 cm³/mol. The number of ether oxygens (including phenoxy) is 2. The topological polar surface area (TPSA) is 113 Å². The summed E-state index contributed by atoms with van der Waals surface area (Å²) in [5.41, 5.74) is 1.16. The molecule has 0 spiro atoms. The number of esters is 2. The maximum atomic E-state index is 13.0. The Morgan fingerprint density at radius 3 is 2.50 bits per heavy atom. The highest BCUT2D eigenvalue weighted by Gasteiger charge is 2.64. The molecule has 0 aliphatic heterocycles. The van der Waals surface area contributed by atoms with Gasteiger partial charge in [-0.2, -0.15) is 0 Å². The van der Waals surface area contributed by atoms with Crippen LogP contribution in [-0.2, 0) is 23.9 Å². The molecule has 0 heterocycles. The first-order chi connectivity index (χ1) is 16.9. The van der Waals surface area contributed by atoms with Crippen molar-refractivity contribution in [3.8, 4) is 0 Å². The van der Waals surface area contributed by atoms with Crippen molar-refractivity contribution in [2.24, 2.45) is 40.4 Å². The van der Waals surface area contributed by atoms with Crippen LogP contribution in [-0.4, -0.2) is 41.9 Å². The highest BCUT2D eigenvalue weighted by molar-refractivity contribution is 5.80. The number of Topliss-reactive ketones (excluding diaryl/α,β-unsaturated/α-hetero) is 1. The summed E-state index contributed by atoms with van der Waals surface area (Å²) in [6, 6.07) is -0.927. The van der Waals surface area contributed by atoms with Gasteiger partial charge in [-0.05, 0) is 74.0 Å². The summed E-state index contributed by atoms with van der Waals surface area (Å²) < 4.78 is 10.3. The van der Waals surface area contributed by atoms with E-state index in [0.717, 1.165) is 38.5 Å². The fourth-order valence-corrected chi connectivity index (χ4v) is 9.05. The van der Waals surface area contributed by atoms with E-state index in [1.54, 1.807) is 6.92 Å². The molecule has 0 aromatic carbocycles. The molecule has 0 aromatic rings. The average Bonchev–Trinajstić information content (AvgIpc) is 3.11. The Morgan fingerprint density at radius 1 is 1.17 bits per heavy atom. The van der Waals surface area contributed by atoms with E-state index in [2.05, 4.69) is 19.9 Å². The van der Waals surface area contributed by atoms with Crippen molar-refractivity contribution < 1.29 is 28.8 Å². The molecule has 0 radical (unpaired) electrons. The second-order valence-corrected chi connectivity index (χ2v) is 12.2. The number of methoxy groups -OCH3 is 1. The molecule has 0 N–H and O–H groups in total. The molecule has 0 saturated heterocycles. The monoisotopic (exact) mass is 503 g/mol. The Balaban J connectivity index is 1.62. The predicted octanol–water partition coefficient (Wildman–Crippen LogP) is 4.91. The standard InChI is InChI=1S/C28H41NO7/c1-16(30)26-21(24(29(33)34)8-9-25(32)35-5)15-23-20-7-6-18-14-19(36-17(2)31)10-12-27(18,3)22(20)11-13-28(23,26)4/h6,19-24,26H,7-15H2,1-5H3/t19-,20+,21+,22-,23-,24+,26?,27-,28-/m0/s1. The molecular weight excluding hydrogens is 462 g/mol. The Kier molecular flexibility index (Phi) is 7.37. The molecule has 4 rings (SSSR count). The maximum Gasteiger partial charge on any atom is 0.305 e. The van der Waals surface area contributed by atoms with Crippen LogP contribution < -0.4 is 0 Å². The van der Waals surface area contributed by atoms with Gasteiger partial charge in [-0.3, -0.25) is 24.5 Å². The number of fused-ring (bicyclic) bond motifs is 5. The van der Waals surface area contributed by atoms with Gasteiger partial charge in [0.25, 0.3) is 0 Å². The van der Waals surface area contributed by atoms with Crippen molar-refractivity contribution in [2.45, 2.75) is 97.6 Å². The van der Waals surface area contributed by atoms with Gasteiger partial charge in [0.1, 0.15) is 11.9 Å². The summed E-state index contributed by atoms with van der Waals surface area (Å²) in [5, 5.41) is 12.2. The number of rotatable bonds is 7. The molecule has 0 bridgehead atoms. The third-order valence-corrected chi connectivity index (χ3v) is 10.6. The third-order valence-electron chi connectivity index (χ3n) is 10.6. The van der Waals surface area contributed by atoms with E-state index in [4.69, 9.17) is 9.47 Å². The molecule has 0 aromatic heterocycles. The number of carbonyl (C=O) groups is 3. The van der Waals surface area contributed by atoms with Crippen molar-refractivity contribution in [2.75, 3.05) is 7.11 Å². The molecular formula is C28H41NO7. The minimum absolute atomic E-state index is 0.00955. The molecule has 9 atom stereocenters. The van der Waals surface area contributed by atoms with E-state index in [-0.39, 0.29) is 64.2 Å². The number of hydrogen-bond donors (Lipinski definition) is 0. The zero-order valence-corrected chi connectivity index (χ0v) is 22.3. The van der Waals surface area contributed by atoms with Crippen molar-refractivity contribution in [1.29, 1.82) is 0 Å². The number of carbonyl (C=O) groups excluding carboxylic acids is 3. The summed E-state index contributed by atoms with van der Waals surface area (Å²) in [7, 11) is 1.29. The normalized spacial score (nSPS) is 40.1. The number of nitrogens with zero attached hydrogens (tertiary/aromatic N) is 1. The summed E-state index contributed by atoms with van der Waals surface area (Å²) in [5.74, 6) is -0.309. The van der Waals surface area contributed by atoms with E-state index in [1.165, 1.54) is 19.6 Å². The van der Waals surface area contributed by atoms with Crippen LogP contribution in [0.5, 0.6) is 0 Å². The molecule has 8 nitrogen and oxygen atoms in total. The summed E-state index contributed by atoms with van der Waals surface area (Å²) in [4.78, 5) is 48.3. The highest BCUT2D eigenvalue weighted by Crippen LogP contribution is 2.68. The quantitative estimate of drug-likeness (QED) is 0.210. The van der Waals surface area contributed by atoms with Gasteiger partial charge in [0.05, 0.1) is 13.5 Å². The summed E-state index contributed by atoms with van der Waals surface area (Å²) in [6.07, 6.45) is 8.46. The first kappa shape index (κ1) is 26.8. The third kappa shape index (κ3) is 4.49. The average molecular weight is 504 g/mol. The van der Waals surface area contributed by atoms with Crippen LogP contribution in [0.15, 0.2) is 11.6 Å². The Bertz CT molecular complexity index is 960. The number of hydrogen-bond acceptors (Lipinski definition) is 7. The molecule has 3 fully saturated rings. The minimum atomic E-state index is -0.927. The number of ketones is 1. The van der Waals surface area contributed by atoms with Crippen LogP contribution >= 0.6 is 0 Å². The van der Waals surface area contributed by atoms with E-state index in [0.29, 0.717) is 18.3 Å². The van der Waals surface area contributed by atoms with Gasteiger partial charge in [-0.15, -0.1) is 0 Å². The number of nitro groups is 1. The summed E-state index contributed by atoms with van der Waals surface area (Å²) in [6.45, 7) is 7.60. The van der Waals surface area contributed by atoms with Gasteiger partial charge in [-0.25, -0.2) is 0 Å². The van der Waals surface area contributed by atoms with Crippen molar-refractivity contribution in [3.63, 3.8) is 0 Å². The lowest BCUT2D eigenvalue weighted by molar-refractivity contribution is -0.534. The number of allylic oxidation sites excluding steroid dienone is 1. The van der Waals surface area contributed by atoms with Crippen molar-refractivity contribution in [1.82, 2.24) is 0 Å². The zero-order valence-electron chi connectivity index (χ0n) is 22.3. The van der Waals surface area contributed by atoms with E-state index in [1.807, 2.05) is 0 Å². The van der Waals surface area contributed by atoms with E-state index >= 15 is 0 Å². The van der Waals surface area contributed by atoms with Crippen molar-refractivity contribution >= 4 is 17.7 Å². The smallest absolute Gasteiger partial charge is 0.305 e. The fourth-order valence-electron chi connectivity index (χ4n) is 9.05. The van der Waals surface area contributed by atoms with Gasteiger partial charge in [0.2, 0.25) is 6.04 Å². The van der Waals surface area contributed by atoms with E-state index < -0.39 is 12.0 Å². The van der Waals surface area contributed by atoms with E-state index in [9.17, 15) is 24.5 Å². The van der Waals surface area contributed by atoms with Crippen LogP contribution in [0.25, 0.3) is 0 Å². The molecule has 36 heavy (non-hydrogen) atoms. The zero-order chi connectivity index (χ0) is 26.4. The second-order valence-electron chi connectivity index (χ2n) is 12.2. The summed E-state index contributed by atoms with van der Waals surface area (Å²) >= 11 is 0. The molecule has 3 saturated carbocycles. The Labute approximate surface area is 213 Å². The molecule has 8 heteroatoms. The van der Waals surface area contributed by atoms with Gasteiger partial charge < -0.3 is 9.47 Å². The van der Waals surface area contributed by atoms with Crippen LogP contribution in [0.2, 0.25) is 0 Å². The maximum absolute atomic E-state index is 13.0. The first-order valence-corrected chi connectivity index (χ1v) is 13.5. The highest BCUT2D eigenvalue weighted by atomic mass is 16.6. The lowest BCUT2D eigenvalue weighted by Gasteiger charge is -2.58. The molecule has 0 amide bonds. The van der Waals surface area contributed by atoms with Gasteiger partial charge in [0.15, 0.2) is 0 Å². The van der Waals surface area contributed by atoms with Gasteiger partial charge in [0, 0.05) is 36.5 Å². The fraction of sp³-hybridized carbons (Fsp3) is 0.821. The minimum Gasteiger partial charge on any atom is -0.469 e. The van der Waals surface area contributed by atoms with Gasteiger partial charge in [-0.1, -0.05) is 25.5 Å². The molecule has 4 aliphatic carbocycles. The van der Waals surface area contributed by atoms with Crippen molar-refractivity contribution in [3.05, 3.63) is 21.8 Å². The molecule has 4 aliphatic rings. The Morgan fingerprint density at radius 2 is 1.89 bits per heavy atom. The van der Waals surface area contributed by atoms with Crippen LogP contribution in [0, 0.1) is 50.5 Å².